The minimum atomic E-state index is -0.915. The van der Waals surface area contributed by atoms with Crippen LogP contribution in [0.3, 0.4) is 0 Å². The minimum Gasteiger partial charge on any atom is -0.478 e. The maximum absolute atomic E-state index is 12.8. The van der Waals surface area contributed by atoms with Gasteiger partial charge in [-0.1, -0.05) is 35.9 Å². The number of amides is 1. The van der Waals surface area contributed by atoms with Crippen molar-refractivity contribution < 1.29 is 14.7 Å². The third-order valence-corrected chi connectivity index (χ3v) is 5.08. The molecule has 2 aliphatic rings. The molecule has 1 atom stereocenters. The van der Waals surface area contributed by atoms with Crippen LogP contribution in [-0.4, -0.2) is 21.9 Å². The number of rotatable bonds is 2. The number of carboxylic acid groups (broad SMARTS) is 1. The van der Waals surface area contributed by atoms with Gasteiger partial charge in [-0.3, -0.25) is 4.79 Å². The number of carbonyl (C=O) groups excluding carboxylic acids is 1. The Bertz CT molecular complexity index is 846. The first-order chi connectivity index (χ1) is 11.1. The summed E-state index contributed by atoms with van der Waals surface area (Å²) in [7, 11) is 0. The van der Waals surface area contributed by atoms with Crippen LogP contribution in [0.25, 0.3) is 0 Å². The van der Waals surface area contributed by atoms with Crippen LogP contribution >= 0.6 is 11.6 Å². The predicted octanol–water partition coefficient (Wildman–Crippen LogP) is 3.68. The second-order valence-electron chi connectivity index (χ2n) is 5.94. The largest absolute Gasteiger partial charge is 0.478 e. The van der Waals surface area contributed by atoms with E-state index in [-0.39, 0.29) is 11.9 Å². The number of benzene rings is 2. The number of aromatic carboxylic acids is 1. The van der Waals surface area contributed by atoms with E-state index in [0.29, 0.717) is 29.1 Å². The van der Waals surface area contributed by atoms with Crippen molar-refractivity contribution in [2.75, 3.05) is 0 Å². The van der Waals surface area contributed by atoms with Gasteiger partial charge in [-0.2, -0.15) is 0 Å². The maximum atomic E-state index is 12.8. The summed E-state index contributed by atoms with van der Waals surface area (Å²) in [5.74, 6) is -0.981. The van der Waals surface area contributed by atoms with Crippen LogP contribution in [-0.2, 0) is 13.0 Å². The van der Waals surface area contributed by atoms with Crippen LogP contribution in [0.5, 0.6) is 0 Å². The zero-order chi connectivity index (χ0) is 16.1. The SMILES string of the molecule is O=C(O)c1cccc2c1CCC2N1Cc2cccc(Cl)c2C1=O. The molecule has 1 unspecified atom stereocenters. The highest BCUT2D eigenvalue weighted by Crippen LogP contribution is 2.42. The van der Waals surface area contributed by atoms with Gasteiger partial charge in [-0.15, -0.1) is 0 Å². The first kappa shape index (κ1) is 14.3. The zero-order valence-corrected chi connectivity index (χ0v) is 13.0. The quantitative estimate of drug-likeness (QED) is 0.915. The van der Waals surface area contributed by atoms with Crippen LogP contribution < -0.4 is 0 Å². The molecule has 2 aromatic rings. The molecule has 0 fully saturated rings. The number of halogens is 1. The fourth-order valence-corrected chi connectivity index (χ4v) is 4.02. The number of carboxylic acids is 1. The van der Waals surface area contributed by atoms with Crippen molar-refractivity contribution >= 4 is 23.5 Å². The molecule has 1 aliphatic heterocycles. The van der Waals surface area contributed by atoms with Crippen molar-refractivity contribution in [3.63, 3.8) is 0 Å². The summed E-state index contributed by atoms with van der Waals surface area (Å²) in [5.41, 5.74) is 3.65. The van der Waals surface area contributed by atoms with Crippen LogP contribution in [0.1, 0.15) is 49.9 Å². The van der Waals surface area contributed by atoms with Crippen LogP contribution in [0, 0.1) is 0 Å². The fourth-order valence-electron chi connectivity index (χ4n) is 3.75. The van der Waals surface area contributed by atoms with Gasteiger partial charge in [0.25, 0.3) is 5.91 Å². The number of nitrogens with zero attached hydrogens (tertiary/aromatic N) is 1. The van der Waals surface area contributed by atoms with E-state index in [9.17, 15) is 14.7 Å². The van der Waals surface area contributed by atoms with Gasteiger partial charge in [0.15, 0.2) is 0 Å². The van der Waals surface area contributed by atoms with Crippen molar-refractivity contribution in [1.82, 2.24) is 4.90 Å². The van der Waals surface area contributed by atoms with E-state index >= 15 is 0 Å². The molecule has 1 heterocycles. The van der Waals surface area contributed by atoms with E-state index in [1.54, 1.807) is 18.2 Å². The van der Waals surface area contributed by atoms with Gasteiger partial charge in [0.05, 0.1) is 22.2 Å². The third kappa shape index (κ3) is 2.05. The second kappa shape index (κ2) is 5.10. The lowest BCUT2D eigenvalue weighted by Crippen LogP contribution is -2.27. The summed E-state index contributed by atoms with van der Waals surface area (Å²) >= 11 is 6.18. The summed E-state index contributed by atoms with van der Waals surface area (Å²) in [6.07, 6.45) is 1.42. The molecular weight excluding hydrogens is 314 g/mol. The van der Waals surface area contributed by atoms with E-state index in [1.165, 1.54) is 0 Å². The van der Waals surface area contributed by atoms with E-state index in [0.717, 1.165) is 23.1 Å². The van der Waals surface area contributed by atoms with Crippen molar-refractivity contribution in [1.29, 1.82) is 0 Å². The molecule has 5 heteroatoms. The molecule has 1 amide bonds. The first-order valence-electron chi connectivity index (χ1n) is 7.51. The van der Waals surface area contributed by atoms with Crippen LogP contribution in [0.2, 0.25) is 5.02 Å². The highest BCUT2D eigenvalue weighted by Gasteiger charge is 2.38. The van der Waals surface area contributed by atoms with Gasteiger partial charge in [-0.05, 0) is 41.7 Å². The van der Waals surface area contributed by atoms with E-state index in [4.69, 9.17) is 11.6 Å². The third-order valence-electron chi connectivity index (χ3n) is 4.76. The first-order valence-corrected chi connectivity index (χ1v) is 7.89. The maximum Gasteiger partial charge on any atom is 0.335 e. The Balaban J connectivity index is 1.74. The van der Waals surface area contributed by atoms with Gasteiger partial charge < -0.3 is 10.0 Å². The molecule has 4 nitrogen and oxygen atoms in total. The average molecular weight is 328 g/mol. The van der Waals surface area contributed by atoms with Crippen molar-refractivity contribution in [2.45, 2.75) is 25.4 Å². The summed E-state index contributed by atoms with van der Waals surface area (Å²) in [5, 5.41) is 9.81. The monoisotopic (exact) mass is 327 g/mol. The summed E-state index contributed by atoms with van der Waals surface area (Å²) in [4.78, 5) is 25.9. The average Bonchev–Trinajstić information content (AvgIpc) is 3.09. The number of fused-ring (bicyclic) bond motifs is 2. The second-order valence-corrected chi connectivity index (χ2v) is 6.35. The lowest BCUT2D eigenvalue weighted by Gasteiger charge is -2.25. The molecular formula is C18H14ClNO3. The highest BCUT2D eigenvalue weighted by molar-refractivity contribution is 6.34. The molecule has 1 N–H and O–H groups in total. The van der Waals surface area contributed by atoms with Gasteiger partial charge in [0.2, 0.25) is 0 Å². The standard InChI is InChI=1S/C18H14ClNO3/c19-14-6-1-3-10-9-20(17(21)16(10)14)15-8-7-11-12(15)4-2-5-13(11)18(22)23/h1-6,15H,7-9H2,(H,22,23). The summed E-state index contributed by atoms with van der Waals surface area (Å²) < 4.78 is 0. The topological polar surface area (TPSA) is 57.6 Å². The van der Waals surface area contributed by atoms with Gasteiger partial charge in [-0.25, -0.2) is 4.79 Å². The Labute approximate surface area is 138 Å². The van der Waals surface area contributed by atoms with Gasteiger partial charge >= 0.3 is 5.97 Å². The molecule has 23 heavy (non-hydrogen) atoms. The molecule has 0 saturated heterocycles. The molecule has 0 bridgehead atoms. The Morgan fingerprint density at radius 2 is 2.00 bits per heavy atom. The normalized spacial score (nSPS) is 18.9. The Morgan fingerprint density at radius 3 is 2.74 bits per heavy atom. The van der Waals surface area contributed by atoms with Gasteiger partial charge in [0.1, 0.15) is 0 Å². The lowest BCUT2D eigenvalue weighted by molar-refractivity contribution is 0.0691. The molecule has 4 rings (SSSR count). The van der Waals surface area contributed by atoms with E-state index in [1.807, 2.05) is 23.1 Å². The smallest absolute Gasteiger partial charge is 0.335 e. The van der Waals surface area contributed by atoms with Crippen LogP contribution in [0.15, 0.2) is 36.4 Å². The number of carbonyl (C=O) groups is 2. The molecule has 0 radical (unpaired) electrons. The Morgan fingerprint density at radius 1 is 1.22 bits per heavy atom. The Kier molecular flexibility index (Phi) is 3.16. The molecule has 0 spiro atoms. The molecule has 2 aromatic carbocycles. The van der Waals surface area contributed by atoms with E-state index < -0.39 is 5.97 Å². The van der Waals surface area contributed by atoms with Crippen molar-refractivity contribution in [2.24, 2.45) is 0 Å². The fraction of sp³-hybridized carbons (Fsp3) is 0.222. The molecule has 116 valence electrons. The number of hydrogen-bond donors (Lipinski definition) is 1. The highest BCUT2D eigenvalue weighted by atomic mass is 35.5. The Hall–Kier alpha value is -2.33. The predicted molar refractivity (Wildman–Crippen MR) is 85.8 cm³/mol. The van der Waals surface area contributed by atoms with Crippen molar-refractivity contribution in [3.8, 4) is 0 Å². The van der Waals surface area contributed by atoms with Crippen molar-refractivity contribution in [3.05, 3.63) is 69.2 Å². The molecule has 0 saturated carbocycles. The van der Waals surface area contributed by atoms with Crippen LogP contribution in [0.4, 0.5) is 0 Å². The lowest BCUT2D eigenvalue weighted by atomic mass is 10.0. The summed E-state index contributed by atoms with van der Waals surface area (Å²) in [6, 6.07) is 10.7. The minimum absolute atomic E-state index is 0.0656. The molecule has 0 aromatic heterocycles. The van der Waals surface area contributed by atoms with Gasteiger partial charge in [0, 0.05) is 6.54 Å². The zero-order valence-electron chi connectivity index (χ0n) is 12.3. The summed E-state index contributed by atoms with van der Waals surface area (Å²) in [6.45, 7) is 0.524. The number of hydrogen-bond acceptors (Lipinski definition) is 2. The molecule has 1 aliphatic carbocycles. The van der Waals surface area contributed by atoms with E-state index in [2.05, 4.69) is 0 Å².